The predicted molar refractivity (Wildman–Crippen MR) is 135 cm³/mol. The molecule has 5 rings (SSSR count). The highest BCUT2D eigenvalue weighted by atomic mass is 16.5. The molecule has 4 heterocycles. The van der Waals surface area contributed by atoms with E-state index in [1.54, 1.807) is 28.0 Å². The summed E-state index contributed by atoms with van der Waals surface area (Å²) in [5.41, 5.74) is 4.95. The molecular weight excluding hydrogens is 456 g/mol. The van der Waals surface area contributed by atoms with Gasteiger partial charge in [-0.3, -0.25) is 19.5 Å². The van der Waals surface area contributed by atoms with Crippen LogP contribution in [0.25, 0.3) is 5.65 Å². The maximum Gasteiger partial charge on any atom is 0.263 e. The number of nitrogens with zero attached hydrogens (tertiary/aromatic N) is 7. The van der Waals surface area contributed by atoms with E-state index >= 15 is 0 Å². The van der Waals surface area contributed by atoms with Crippen LogP contribution in [-0.2, 0) is 20.0 Å². The summed E-state index contributed by atoms with van der Waals surface area (Å²) in [4.78, 5) is 22.4. The third kappa shape index (κ3) is 4.21. The number of aryl methyl sites for hydroxylation is 3. The lowest BCUT2D eigenvalue weighted by Gasteiger charge is -2.15. The minimum Gasteiger partial charge on any atom is -0.496 e. The van der Waals surface area contributed by atoms with Crippen molar-refractivity contribution in [3.63, 3.8) is 0 Å². The molecule has 1 aromatic carbocycles. The number of carbonyl (C=O) groups excluding carboxylic acids is 1. The van der Waals surface area contributed by atoms with Gasteiger partial charge in [0.15, 0.2) is 0 Å². The number of aromatic nitrogens is 7. The number of methoxy groups -OCH3 is 1. The van der Waals surface area contributed by atoms with E-state index in [-0.39, 0.29) is 17.8 Å². The molecule has 0 saturated carbocycles. The lowest BCUT2D eigenvalue weighted by molar-refractivity contribution is 0.102. The predicted octanol–water partition coefficient (Wildman–Crippen LogP) is 3.68. The number of carbonyl (C=O) groups is 1. The van der Waals surface area contributed by atoms with Gasteiger partial charge < -0.3 is 9.14 Å². The second-order valence-corrected chi connectivity index (χ2v) is 8.42. The molecule has 10 nitrogen and oxygen atoms in total. The summed E-state index contributed by atoms with van der Waals surface area (Å²) in [6.45, 7) is 4.70. The third-order valence-corrected chi connectivity index (χ3v) is 6.17. The SMILES string of the molecule is CCc1c(C(c2ccccc2)c2ccn(C)n2)nc2cc(OC)c(C(=O)Nc3ncn(CC)n3)cn12. The van der Waals surface area contributed by atoms with Crippen LogP contribution in [0, 0.1) is 0 Å². The standard InChI is InChI=1S/C26H28N8O2/c1-5-20-24(23(17-10-8-7-9-11-17)19-12-13-32(3)30-19)28-22-14-21(36-4)18(15-34(20)22)25(35)29-26-27-16-33(6-2)31-26/h7-16,23H,5-6H2,1-4H3,(H,29,31,35). The first-order valence-electron chi connectivity index (χ1n) is 11.9. The Morgan fingerprint density at radius 2 is 1.94 bits per heavy atom. The first-order chi connectivity index (χ1) is 17.5. The highest BCUT2D eigenvalue weighted by molar-refractivity contribution is 6.05. The van der Waals surface area contributed by atoms with Crippen LogP contribution in [0.1, 0.15) is 52.8 Å². The van der Waals surface area contributed by atoms with Crippen molar-refractivity contribution in [1.29, 1.82) is 0 Å². The van der Waals surface area contributed by atoms with Crippen molar-refractivity contribution in [3.05, 3.63) is 89.4 Å². The molecule has 0 saturated heterocycles. The van der Waals surface area contributed by atoms with Crippen LogP contribution in [-0.4, -0.2) is 46.9 Å². The number of fused-ring (bicyclic) bond motifs is 1. The summed E-state index contributed by atoms with van der Waals surface area (Å²) in [6.07, 6.45) is 6.00. The minimum atomic E-state index is -0.357. The molecule has 0 aliphatic carbocycles. The van der Waals surface area contributed by atoms with Crippen molar-refractivity contribution in [2.24, 2.45) is 7.05 Å². The van der Waals surface area contributed by atoms with E-state index < -0.39 is 0 Å². The number of amides is 1. The molecule has 0 bridgehead atoms. The van der Waals surface area contributed by atoms with Crippen LogP contribution in [0.4, 0.5) is 5.95 Å². The van der Waals surface area contributed by atoms with E-state index in [1.165, 1.54) is 7.11 Å². The summed E-state index contributed by atoms with van der Waals surface area (Å²) in [7, 11) is 3.45. The number of anilines is 1. The van der Waals surface area contributed by atoms with Crippen molar-refractivity contribution < 1.29 is 9.53 Å². The quantitative estimate of drug-likeness (QED) is 0.360. The van der Waals surface area contributed by atoms with E-state index in [4.69, 9.17) is 14.8 Å². The average molecular weight is 485 g/mol. The average Bonchev–Trinajstić information content (AvgIpc) is 3.62. The van der Waals surface area contributed by atoms with Gasteiger partial charge in [-0.15, -0.1) is 5.10 Å². The maximum atomic E-state index is 13.2. The van der Waals surface area contributed by atoms with E-state index in [1.807, 2.05) is 48.8 Å². The second kappa shape index (κ2) is 9.65. The number of benzene rings is 1. The Morgan fingerprint density at radius 3 is 2.58 bits per heavy atom. The molecule has 0 aliphatic heterocycles. The molecule has 0 fully saturated rings. The monoisotopic (exact) mass is 484 g/mol. The molecular formula is C26H28N8O2. The molecule has 1 N–H and O–H groups in total. The fourth-order valence-electron chi connectivity index (χ4n) is 4.43. The zero-order valence-corrected chi connectivity index (χ0v) is 20.7. The van der Waals surface area contributed by atoms with Crippen molar-refractivity contribution in [2.75, 3.05) is 12.4 Å². The topological polar surface area (TPSA) is 104 Å². The van der Waals surface area contributed by atoms with Gasteiger partial charge in [0, 0.05) is 37.7 Å². The molecule has 5 aromatic rings. The van der Waals surface area contributed by atoms with Crippen LogP contribution < -0.4 is 10.1 Å². The summed E-state index contributed by atoms with van der Waals surface area (Å²) in [5.74, 6) is 0.144. The van der Waals surface area contributed by atoms with Gasteiger partial charge in [-0.1, -0.05) is 37.3 Å². The van der Waals surface area contributed by atoms with Gasteiger partial charge in [0.1, 0.15) is 17.7 Å². The maximum absolute atomic E-state index is 13.2. The van der Waals surface area contributed by atoms with Gasteiger partial charge in [-0.25, -0.2) is 9.97 Å². The largest absolute Gasteiger partial charge is 0.496 e. The van der Waals surface area contributed by atoms with Crippen molar-refractivity contribution in [3.8, 4) is 5.75 Å². The Bertz CT molecular complexity index is 1520. The first kappa shape index (κ1) is 23.3. The van der Waals surface area contributed by atoms with E-state index in [9.17, 15) is 4.79 Å². The summed E-state index contributed by atoms with van der Waals surface area (Å²) >= 11 is 0. The molecule has 36 heavy (non-hydrogen) atoms. The Labute approximate surface area is 208 Å². The molecule has 0 spiro atoms. The molecule has 0 radical (unpaired) electrons. The van der Waals surface area contributed by atoms with Crippen LogP contribution >= 0.6 is 0 Å². The number of rotatable bonds is 8. The van der Waals surface area contributed by atoms with E-state index in [2.05, 4.69) is 34.5 Å². The molecule has 1 atom stereocenters. The highest BCUT2D eigenvalue weighted by Crippen LogP contribution is 2.34. The fourth-order valence-corrected chi connectivity index (χ4v) is 4.43. The normalized spacial score (nSPS) is 12.1. The van der Waals surface area contributed by atoms with Crippen LogP contribution in [0.2, 0.25) is 0 Å². The Hall–Kier alpha value is -4.47. The Morgan fingerprint density at radius 1 is 1.14 bits per heavy atom. The number of imidazole rings is 1. The van der Waals surface area contributed by atoms with Gasteiger partial charge >= 0.3 is 0 Å². The third-order valence-electron chi connectivity index (χ3n) is 6.17. The van der Waals surface area contributed by atoms with Crippen molar-refractivity contribution in [2.45, 2.75) is 32.7 Å². The second-order valence-electron chi connectivity index (χ2n) is 8.42. The molecule has 1 amide bonds. The van der Waals surface area contributed by atoms with Crippen LogP contribution in [0.5, 0.6) is 5.75 Å². The molecule has 0 aliphatic rings. The fraction of sp³-hybridized carbons (Fsp3) is 0.269. The van der Waals surface area contributed by atoms with Gasteiger partial charge in [0.05, 0.1) is 30.0 Å². The van der Waals surface area contributed by atoms with Crippen LogP contribution in [0.3, 0.4) is 0 Å². The lowest BCUT2D eigenvalue weighted by Crippen LogP contribution is -2.16. The van der Waals surface area contributed by atoms with Crippen LogP contribution in [0.15, 0.2) is 61.2 Å². The zero-order valence-electron chi connectivity index (χ0n) is 20.7. The lowest BCUT2D eigenvalue weighted by atomic mass is 9.91. The van der Waals surface area contributed by atoms with E-state index in [0.717, 1.165) is 22.6 Å². The Balaban J connectivity index is 1.63. The van der Waals surface area contributed by atoms with Gasteiger partial charge in [-0.05, 0) is 25.0 Å². The number of hydrogen-bond acceptors (Lipinski definition) is 6. The van der Waals surface area contributed by atoms with Crippen molar-refractivity contribution >= 4 is 17.5 Å². The molecule has 1 unspecified atom stereocenters. The number of pyridine rings is 1. The molecule has 4 aromatic heterocycles. The summed E-state index contributed by atoms with van der Waals surface area (Å²) < 4.78 is 11.0. The van der Waals surface area contributed by atoms with E-state index in [0.29, 0.717) is 29.9 Å². The Kier molecular flexibility index (Phi) is 6.24. The summed E-state index contributed by atoms with van der Waals surface area (Å²) in [6, 6.07) is 14.0. The van der Waals surface area contributed by atoms with Gasteiger partial charge in [-0.2, -0.15) is 5.10 Å². The number of hydrogen-bond donors (Lipinski definition) is 1. The molecule has 10 heteroatoms. The van der Waals surface area contributed by atoms with Gasteiger partial charge in [0.25, 0.3) is 5.91 Å². The minimum absolute atomic E-state index is 0.160. The van der Waals surface area contributed by atoms with Crippen molar-refractivity contribution in [1.82, 2.24) is 33.9 Å². The smallest absolute Gasteiger partial charge is 0.263 e. The first-order valence-corrected chi connectivity index (χ1v) is 11.9. The highest BCUT2D eigenvalue weighted by Gasteiger charge is 2.27. The summed E-state index contributed by atoms with van der Waals surface area (Å²) in [5, 5.41) is 11.7. The number of ether oxygens (including phenoxy) is 1. The van der Waals surface area contributed by atoms with Gasteiger partial charge in [0.2, 0.25) is 5.95 Å². The zero-order chi connectivity index (χ0) is 25.2. The number of nitrogens with one attached hydrogen (secondary N) is 1. The molecule has 184 valence electrons.